The first-order valence-electron chi connectivity index (χ1n) is 7.60. The smallest absolute Gasteiger partial charge is 0.228 e. The number of aromatic nitrogens is 2. The number of nitrogens with one attached hydrogen (secondary N) is 2. The summed E-state index contributed by atoms with van der Waals surface area (Å²) in [6.45, 7) is 5.92. The molecule has 2 N–H and O–H groups in total. The van der Waals surface area contributed by atoms with Crippen molar-refractivity contribution in [3.8, 4) is 0 Å². The molecule has 1 atom stereocenters. The second-order valence-electron chi connectivity index (χ2n) is 6.04. The van der Waals surface area contributed by atoms with Gasteiger partial charge in [0.15, 0.2) is 0 Å². The van der Waals surface area contributed by atoms with Gasteiger partial charge in [0, 0.05) is 32.6 Å². The van der Waals surface area contributed by atoms with Gasteiger partial charge in [0.2, 0.25) is 5.91 Å². The maximum absolute atomic E-state index is 12.6. The molecule has 0 saturated carbocycles. The predicted octanol–water partition coefficient (Wildman–Crippen LogP) is 0.652. The van der Waals surface area contributed by atoms with E-state index >= 15 is 0 Å². The van der Waals surface area contributed by atoms with Gasteiger partial charge in [0.05, 0.1) is 18.3 Å². The third-order valence-corrected chi connectivity index (χ3v) is 4.16. The van der Waals surface area contributed by atoms with Crippen molar-refractivity contribution >= 4 is 5.91 Å². The van der Waals surface area contributed by atoms with Crippen LogP contribution >= 0.6 is 0 Å². The lowest BCUT2D eigenvalue weighted by atomic mass is 9.78. The van der Waals surface area contributed by atoms with Gasteiger partial charge in [-0.25, -0.2) is 4.98 Å². The predicted molar refractivity (Wildman–Crippen MR) is 80.8 cm³/mol. The van der Waals surface area contributed by atoms with E-state index in [-0.39, 0.29) is 11.3 Å². The molecule has 2 heterocycles. The lowest BCUT2D eigenvalue weighted by molar-refractivity contribution is -0.136. The number of amides is 1. The molecule has 1 aliphatic heterocycles. The van der Waals surface area contributed by atoms with Gasteiger partial charge in [0.25, 0.3) is 0 Å². The summed E-state index contributed by atoms with van der Waals surface area (Å²) in [5.41, 5.74) is -0.366. The quantitative estimate of drug-likeness (QED) is 0.775. The molecule has 6 heteroatoms. The van der Waals surface area contributed by atoms with E-state index in [2.05, 4.69) is 22.5 Å². The summed E-state index contributed by atoms with van der Waals surface area (Å²) >= 11 is 0. The number of rotatable bonds is 7. The molecule has 1 aliphatic rings. The van der Waals surface area contributed by atoms with Crippen molar-refractivity contribution in [2.45, 2.75) is 26.3 Å². The number of imidazole rings is 1. The maximum Gasteiger partial charge on any atom is 0.228 e. The summed E-state index contributed by atoms with van der Waals surface area (Å²) in [6, 6.07) is 0. The number of hydrogen-bond acceptors (Lipinski definition) is 4. The summed E-state index contributed by atoms with van der Waals surface area (Å²) in [7, 11) is 1.67. The zero-order valence-electron chi connectivity index (χ0n) is 13.0. The molecule has 0 spiro atoms. The van der Waals surface area contributed by atoms with Crippen LogP contribution in [0.4, 0.5) is 0 Å². The fraction of sp³-hybridized carbons (Fsp3) is 0.733. The molecule has 118 valence electrons. The van der Waals surface area contributed by atoms with Crippen LogP contribution in [0.5, 0.6) is 0 Å². The molecule has 6 nitrogen and oxygen atoms in total. The molecule has 0 bridgehead atoms. The largest absolute Gasteiger partial charge is 0.384 e. The highest BCUT2D eigenvalue weighted by Gasteiger charge is 2.39. The van der Waals surface area contributed by atoms with Crippen LogP contribution in [-0.2, 0) is 16.1 Å². The van der Waals surface area contributed by atoms with Crippen LogP contribution in [0.1, 0.15) is 19.8 Å². The molecule has 1 aromatic rings. The highest BCUT2D eigenvalue weighted by molar-refractivity contribution is 5.83. The summed E-state index contributed by atoms with van der Waals surface area (Å²) in [6.07, 6.45) is 7.19. The van der Waals surface area contributed by atoms with Crippen LogP contribution in [-0.4, -0.2) is 48.8 Å². The highest BCUT2D eigenvalue weighted by atomic mass is 16.5. The fourth-order valence-electron chi connectivity index (χ4n) is 2.89. The number of hydrogen-bond donors (Lipinski definition) is 2. The monoisotopic (exact) mass is 294 g/mol. The molecule has 0 aromatic carbocycles. The Morgan fingerprint density at radius 3 is 2.90 bits per heavy atom. The number of carbonyl (C=O) groups is 1. The van der Waals surface area contributed by atoms with Crippen molar-refractivity contribution < 1.29 is 9.53 Å². The van der Waals surface area contributed by atoms with E-state index in [1.807, 2.05) is 10.8 Å². The van der Waals surface area contributed by atoms with Gasteiger partial charge >= 0.3 is 0 Å². The zero-order valence-corrected chi connectivity index (χ0v) is 13.0. The second kappa shape index (κ2) is 7.56. The Kier molecular flexibility index (Phi) is 5.76. The average Bonchev–Trinajstić information content (AvgIpc) is 2.99. The number of nitrogens with zero attached hydrogens (tertiary/aromatic N) is 2. The molecule has 1 unspecified atom stereocenters. The first-order chi connectivity index (χ1) is 10.2. The van der Waals surface area contributed by atoms with E-state index in [0.29, 0.717) is 19.1 Å². The highest BCUT2D eigenvalue weighted by Crippen LogP contribution is 2.29. The van der Waals surface area contributed by atoms with Crippen LogP contribution in [0.3, 0.4) is 0 Å². The fourth-order valence-corrected chi connectivity index (χ4v) is 2.89. The third-order valence-electron chi connectivity index (χ3n) is 4.16. The van der Waals surface area contributed by atoms with Crippen LogP contribution < -0.4 is 10.6 Å². The minimum Gasteiger partial charge on any atom is -0.384 e. The van der Waals surface area contributed by atoms with Gasteiger partial charge in [-0.1, -0.05) is 6.92 Å². The topological polar surface area (TPSA) is 68.2 Å². The van der Waals surface area contributed by atoms with Crippen LogP contribution in [0, 0.1) is 11.3 Å². The van der Waals surface area contributed by atoms with E-state index in [1.165, 1.54) is 0 Å². The summed E-state index contributed by atoms with van der Waals surface area (Å²) in [4.78, 5) is 16.6. The molecule has 1 fully saturated rings. The van der Waals surface area contributed by atoms with Gasteiger partial charge in [-0.3, -0.25) is 4.79 Å². The summed E-state index contributed by atoms with van der Waals surface area (Å²) in [5.74, 6) is 0.493. The molecule has 1 saturated heterocycles. The van der Waals surface area contributed by atoms with Crippen molar-refractivity contribution in [3.05, 3.63) is 18.7 Å². The van der Waals surface area contributed by atoms with Gasteiger partial charge in [-0.05, 0) is 31.8 Å². The Hall–Kier alpha value is -1.40. The Labute approximate surface area is 126 Å². The van der Waals surface area contributed by atoms with E-state index in [4.69, 9.17) is 4.74 Å². The molecule has 0 radical (unpaired) electrons. The zero-order chi connectivity index (χ0) is 15.1. The Morgan fingerprint density at radius 1 is 1.52 bits per heavy atom. The SMILES string of the molecule is COCC1(C(=O)NCC(C)Cn2ccnc2)CCNCC1. The van der Waals surface area contributed by atoms with E-state index < -0.39 is 0 Å². The summed E-state index contributed by atoms with van der Waals surface area (Å²) < 4.78 is 7.33. The molecule has 21 heavy (non-hydrogen) atoms. The van der Waals surface area contributed by atoms with Gasteiger partial charge in [-0.2, -0.15) is 0 Å². The van der Waals surface area contributed by atoms with E-state index in [9.17, 15) is 4.79 Å². The van der Waals surface area contributed by atoms with Crippen LogP contribution in [0.25, 0.3) is 0 Å². The molecule has 0 aliphatic carbocycles. The van der Waals surface area contributed by atoms with Crippen molar-refractivity contribution in [1.82, 2.24) is 20.2 Å². The Balaban J connectivity index is 1.84. The molecule has 1 aromatic heterocycles. The number of carbonyl (C=O) groups excluding carboxylic acids is 1. The average molecular weight is 294 g/mol. The summed E-state index contributed by atoms with van der Waals surface area (Å²) in [5, 5.41) is 6.41. The lowest BCUT2D eigenvalue weighted by Crippen LogP contribution is -2.50. The number of piperidine rings is 1. The van der Waals surface area contributed by atoms with Gasteiger partial charge in [0.1, 0.15) is 0 Å². The first kappa shape index (κ1) is 16.0. The maximum atomic E-state index is 12.6. The van der Waals surface area contributed by atoms with Crippen molar-refractivity contribution in [3.63, 3.8) is 0 Å². The number of ether oxygens (including phenoxy) is 1. The van der Waals surface area contributed by atoms with Crippen LogP contribution in [0.2, 0.25) is 0 Å². The van der Waals surface area contributed by atoms with Crippen LogP contribution in [0.15, 0.2) is 18.7 Å². The van der Waals surface area contributed by atoms with Gasteiger partial charge in [-0.15, -0.1) is 0 Å². The second-order valence-corrected chi connectivity index (χ2v) is 6.04. The normalized spacial score (nSPS) is 19.1. The molecule has 1 amide bonds. The Morgan fingerprint density at radius 2 is 2.29 bits per heavy atom. The standard InChI is InChI=1S/C15H26N4O2/c1-13(10-19-8-7-17-12-19)9-18-14(20)15(11-21-2)3-5-16-6-4-15/h7-8,12-13,16H,3-6,9-11H2,1-2H3,(H,18,20). The minimum absolute atomic E-state index is 0.128. The Bertz CT molecular complexity index is 421. The number of methoxy groups -OCH3 is 1. The first-order valence-corrected chi connectivity index (χ1v) is 7.60. The molecule has 2 rings (SSSR count). The molecular formula is C15H26N4O2. The van der Waals surface area contributed by atoms with E-state index in [1.54, 1.807) is 19.6 Å². The third kappa shape index (κ3) is 4.28. The van der Waals surface area contributed by atoms with E-state index in [0.717, 1.165) is 32.5 Å². The minimum atomic E-state index is -0.366. The van der Waals surface area contributed by atoms with Gasteiger partial charge < -0.3 is 19.9 Å². The van der Waals surface area contributed by atoms with Crippen molar-refractivity contribution in [2.75, 3.05) is 33.4 Å². The van der Waals surface area contributed by atoms with Crippen molar-refractivity contribution in [2.24, 2.45) is 11.3 Å². The molecular weight excluding hydrogens is 268 g/mol. The van der Waals surface area contributed by atoms with Crippen molar-refractivity contribution in [1.29, 1.82) is 0 Å². The lowest BCUT2D eigenvalue weighted by Gasteiger charge is -2.35.